The first kappa shape index (κ1) is 22.7. The van der Waals surface area contributed by atoms with Crippen LogP contribution in [0, 0.1) is 0 Å². The molecule has 0 bridgehead atoms. The molecule has 1 aliphatic rings. The minimum absolute atomic E-state index is 0.0494. The number of aliphatic hydroxyl groups excluding tert-OH is 1. The highest BCUT2D eigenvalue weighted by atomic mass is 32.2. The molecular weight excluding hydrogens is 391 g/mol. The third kappa shape index (κ3) is 7.43. The van der Waals surface area contributed by atoms with E-state index in [1.807, 2.05) is 18.7 Å². The Hall–Kier alpha value is -1.61. The van der Waals surface area contributed by atoms with Crippen molar-refractivity contribution in [2.75, 3.05) is 26.0 Å². The summed E-state index contributed by atoms with van der Waals surface area (Å²) in [5.74, 6) is 0.929. The van der Waals surface area contributed by atoms with Crippen LogP contribution in [0.15, 0.2) is 29.3 Å². The van der Waals surface area contributed by atoms with Crippen LogP contribution >= 0.6 is 11.8 Å². The molecule has 0 aromatic heterocycles. The second kappa shape index (κ2) is 10.8. The van der Waals surface area contributed by atoms with Crippen LogP contribution in [-0.2, 0) is 6.18 Å². The Kier molecular flexibility index (Phi) is 8.75. The summed E-state index contributed by atoms with van der Waals surface area (Å²) in [6, 6.07) is 4.77. The van der Waals surface area contributed by atoms with E-state index in [-0.39, 0.29) is 18.9 Å². The van der Waals surface area contributed by atoms with Gasteiger partial charge in [-0.2, -0.15) is 24.9 Å². The molecule has 0 amide bonds. The molecule has 1 saturated carbocycles. The quantitative estimate of drug-likeness (QED) is 0.446. The topological polar surface area (TPSA) is 65.9 Å². The smallest absolute Gasteiger partial charge is 0.416 e. The van der Waals surface area contributed by atoms with Crippen molar-refractivity contribution >= 4 is 17.7 Å². The standard InChI is InChI=1S/C19H28F3N3O2S/c1-3-23-18(25-14-6-9-17(10-14)28-2)24-11-15(26)12-27-16-7-4-13(5-8-16)19(20,21)22/h4-5,7-8,14-15,17,26H,3,6,9-12H2,1-2H3,(H2,23,24,25). The Morgan fingerprint density at radius 2 is 2.04 bits per heavy atom. The number of benzene rings is 1. The predicted molar refractivity (Wildman–Crippen MR) is 107 cm³/mol. The third-order valence-corrected chi connectivity index (χ3v) is 5.58. The number of aliphatic hydroxyl groups is 1. The lowest BCUT2D eigenvalue weighted by atomic mass is 10.2. The van der Waals surface area contributed by atoms with E-state index in [2.05, 4.69) is 21.9 Å². The summed E-state index contributed by atoms with van der Waals surface area (Å²) in [5, 5.41) is 17.3. The summed E-state index contributed by atoms with van der Waals surface area (Å²) in [4.78, 5) is 4.40. The van der Waals surface area contributed by atoms with Crippen molar-refractivity contribution in [3.63, 3.8) is 0 Å². The van der Waals surface area contributed by atoms with Crippen LogP contribution in [0.2, 0.25) is 0 Å². The van der Waals surface area contributed by atoms with Gasteiger partial charge in [-0.15, -0.1) is 0 Å². The van der Waals surface area contributed by atoms with E-state index in [0.29, 0.717) is 23.8 Å². The number of alkyl halides is 3. The van der Waals surface area contributed by atoms with Crippen LogP contribution < -0.4 is 15.4 Å². The highest BCUT2D eigenvalue weighted by molar-refractivity contribution is 7.99. The molecule has 0 radical (unpaired) electrons. The maximum Gasteiger partial charge on any atom is 0.416 e. The van der Waals surface area contributed by atoms with Crippen LogP contribution in [0.3, 0.4) is 0 Å². The number of nitrogens with zero attached hydrogens (tertiary/aromatic N) is 1. The molecule has 158 valence electrons. The second-order valence-corrected chi connectivity index (χ2v) is 7.86. The lowest BCUT2D eigenvalue weighted by Crippen LogP contribution is -2.43. The molecule has 3 atom stereocenters. The molecule has 2 rings (SSSR count). The average Bonchev–Trinajstić information content (AvgIpc) is 3.12. The number of halogens is 3. The molecule has 9 heteroatoms. The normalized spacial score (nSPS) is 21.4. The van der Waals surface area contributed by atoms with Gasteiger partial charge in [0.25, 0.3) is 0 Å². The number of rotatable bonds is 8. The Morgan fingerprint density at radius 1 is 1.32 bits per heavy atom. The largest absolute Gasteiger partial charge is 0.491 e. The van der Waals surface area contributed by atoms with E-state index in [1.165, 1.54) is 18.6 Å². The van der Waals surface area contributed by atoms with Crippen LogP contribution in [0.1, 0.15) is 31.7 Å². The summed E-state index contributed by atoms with van der Waals surface area (Å²) in [5.41, 5.74) is -0.734. The van der Waals surface area contributed by atoms with Gasteiger partial charge < -0.3 is 20.5 Å². The zero-order chi connectivity index (χ0) is 20.6. The Balaban J connectivity index is 1.80. The van der Waals surface area contributed by atoms with Crippen LogP contribution in [0.5, 0.6) is 5.75 Å². The van der Waals surface area contributed by atoms with E-state index in [9.17, 15) is 18.3 Å². The van der Waals surface area contributed by atoms with Gasteiger partial charge in [0.15, 0.2) is 5.96 Å². The molecule has 3 N–H and O–H groups in total. The predicted octanol–water partition coefficient (Wildman–Crippen LogP) is 3.28. The van der Waals surface area contributed by atoms with Crippen LogP contribution in [-0.4, -0.2) is 54.4 Å². The van der Waals surface area contributed by atoms with E-state index in [1.54, 1.807) is 0 Å². The van der Waals surface area contributed by atoms with E-state index in [0.717, 1.165) is 25.0 Å². The molecule has 0 aliphatic heterocycles. The van der Waals surface area contributed by atoms with Gasteiger partial charge in [0, 0.05) is 17.8 Å². The summed E-state index contributed by atoms with van der Waals surface area (Å²) >= 11 is 1.88. The van der Waals surface area contributed by atoms with Crippen molar-refractivity contribution < 1.29 is 23.0 Å². The van der Waals surface area contributed by atoms with Gasteiger partial charge in [-0.25, -0.2) is 0 Å². The molecular formula is C19H28F3N3O2S. The molecule has 0 saturated heterocycles. The number of ether oxygens (including phenoxy) is 1. The van der Waals surface area contributed by atoms with Gasteiger partial charge in [0.05, 0.1) is 12.1 Å². The maximum absolute atomic E-state index is 12.6. The van der Waals surface area contributed by atoms with Crippen molar-refractivity contribution in [1.29, 1.82) is 0 Å². The fourth-order valence-corrected chi connectivity index (χ4v) is 3.78. The fourth-order valence-electron chi connectivity index (χ4n) is 2.98. The molecule has 5 nitrogen and oxygen atoms in total. The number of thioether (sulfide) groups is 1. The van der Waals surface area contributed by atoms with Gasteiger partial charge in [0.1, 0.15) is 18.5 Å². The fraction of sp³-hybridized carbons (Fsp3) is 0.632. The zero-order valence-corrected chi connectivity index (χ0v) is 16.9. The molecule has 1 fully saturated rings. The molecule has 1 aromatic rings. The van der Waals surface area contributed by atoms with E-state index >= 15 is 0 Å². The van der Waals surface area contributed by atoms with Gasteiger partial charge in [0.2, 0.25) is 0 Å². The van der Waals surface area contributed by atoms with Gasteiger partial charge in [-0.3, -0.25) is 4.99 Å². The first-order valence-corrected chi connectivity index (χ1v) is 10.7. The van der Waals surface area contributed by atoms with Crippen LogP contribution in [0.4, 0.5) is 13.2 Å². The summed E-state index contributed by atoms with van der Waals surface area (Å²) in [6.45, 7) is 2.77. The number of hydrogen-bond acceptors (Lipinski definition) is 4. The number of nitrogens with one attached hydrogen (secondary N) is 2. The first-order chi connectivity index (χ1) is 13.3. The summed E-state index contributed by atoms with van der Waals surface area (Å²) < 4.78 is 43.0. The SMILES string of the molecule is CCNC(=NCC(O)COc1ccc(C(F)(F)F)cc1)NC1CCC(SC)C1. The molecule has 0 spiro atoms. The lowest BCUT2D eigenvalue weighted by Gasteiger charge is -2.18. The average molecular weight is 420 g/mol. The molecule has 0 heterocycles. The summed E-state index contributed by atoms with van der Waals surface area (Å²) in [6.07, 6.45) is 0.250. The lowest BCUT2D eigenvalue weighted by molar-refractivity contribution is -0.137. The summed E-state index contributed by atoms with van der Waals surface area (Å²) in [7, 11) is 0. The first-order valence-electron chi connectivity index (χ1n) is 9.37. The number of guanidine groups is 1. The number of aliphatic imine (C=N–C) groups is 1. The molecule has 3 unspecified atom stereocenters. The highest BCUT2D eigenvalue weighted by Gasteiger charge is 2.30. The second-order valence-electron chi connectivity index (χ2n) is 6.72. The zero-order valence-electron chi connectivity index (χ0n) is 16.1. The van der Waals surface area contributed by atoms with E-state index < -0.39 is 17.8 Å². The Labute approximate surface area is 168 Å². The molecule has 1 aromatic carbocycles. The van der Waals surface area contributed by atoms with Crippen molar-refractivity contribution in [3.05, 3.63) is 29.8 Å². The van der Waals surface area contributed by atoms with Crippen molar-refractivity contribution in [3.8, 4) is 5.75 Å². The third-order valence-electron chi connectivity index (χ3n) is 4.49. The van der Waals surface area contributed by atoms with Crippen LogP contribution in [0.25, 0.3) is 0 Å². The minimum atomic E-state index is -4.38. The highest BCUT2D eigenvalue weighted by Crippen LogP contribution is 2.30. The van der Waals surface area contributed by atoms with Crippen molar-refractivity contribution in [1.82, 2.24) is 10.6 Å². The Bertz CT molecular complexity index is 626. The maximum atomic E-state index is 12.6. The van der Waals surface area contributed by atoms with Gasteiger partial charge >= 0.3 is 6.18 Å². The van der Waals surface area contributed by atoms with Gasteiger partial charge in [-0.1, -0.05) is 0 Å². The molecule has 28 heavy (non-hydrogen) atoms. The monoisotopic (exact) mass is 419 g/mol. The van der Waals surface area contributed by atoms with Gasteiger partial charge in [-0.05, 0) is 56.7 Å². The minimum Gasteiger partial charge on any atom is -0.491 e. The number of hydrogen-bond donors (Lipinski definition) is 3. The van der Waals surface area contributed by atoms with Crippen molar-refractivity contribution in [2.45, 2.75) is 49.8 Å². The molecule has 1 aliphatic carbocycles. The van der Waals surface area contributed by atoms with Crippen molar-refractivity contribution in [2.24, 2.45) is 4.99 Å². The Morgan fingerprint density at radius 3 is 2.61 bits per heavy atom. The van der Waals surface area contributed by atoms with E-state index in [4.69, 9.17) is 4.74 Å².